The SMILES string of the molecule is C[C@@H](CO)CC(N)c1ccc(C#CCCCc2ccccc2)s1. The highest BCUT2D eigenvalue weighted by atomic mass is 32.1. The number of rotatable bonds is 7. The molecular formula is C20H25NOS. The fraction of sp³-hybridized carbons (Fsp3) is 0.400. The highest BCUT2D eigenvalue weighted by Gasteiger charge is 2.12. The lowest BCUT2D eigenvalue weighted by atomic mass is 10.0. The van der Waals surface area contributed by atoms with Crippen molar-refractivity contribution >= 4 is 11.3 Å². The van der Waals surface area contributed by atoms with Gasteiger partial charge in [-0.05, 0) is 42.9 Å². The van der Waals surface area contributed by atoms with Crippen LogP contribution in [0.5, 0.6) is 0 Å². The van der Waals surface area contributed by atoms with Gasteiger partial charge in [-0.3, -0.25) is 0 Å². The summed E-state index contributed by atoms with van der Waals surface area (Å²) in [5.74, 6) is 6.73. The highest BCUT2D eigenvalue weighted by Crippen LogP contribution is 2.25. The van der Waals surface area contributed by atoms with Crippen molar-refractivity contribution < 1.29 is 5.11 Å². The molecule has 3 heteroatoms. The van der Waals surface area contributed by atoms with Crippen molar-refractivity contribution in [2.24, 2.45) is 11.7 Å². The highest BCUT2D eigenvalue weighted by molar-refractivity contribution is 7.12. The van der Waals surface area contributed by atoms with E-state index in [0.717, 1.165) is 35.4 Å². The molecule has 0 spiro atoms. The van der Waals surface area contributed by atoms with Gasteiger partial charge >= 0.3 is 0 Å². The van der Waals surface area contributed by atoms with Gasteiger partial charge in [-0.25, -0.2) is 0 Å². The summed E-state index contributed by atoms with van der Waals surface area (Å²) in [4.78, 5) is 2.23. The zero-order chi connectivity index (χ0) is 16.5. The number of unbranched alkanes of at least 4 members (excludes halogenated alkanes) is 1. The number of hydrogen-bond acceptors (Lipinski definition) is 3. The summed E-state index contributed by atoms with van der Waals surface area (Å²) in [7, 11) is 0. The minimum atomic E-state index is -0.00391. The van der Waals surface area contributed by atoms with Crippen LogP contribution < -0.4 is 5.73 Å². The van der Waals surface area contributed by atoms with Crippen molar-refractivity contribution in [3.05, 3.63) is 57.8 Å². The van der Waals surface area contributed by atoms with Crippen molar-refractivity contribution in [2.75, 3.05) is 6.61 Å². The lowest BCUT2D eigenvalue weighted by Crippen LogP contribution is -2.14. The van der Waals surface area contributed by atoms with Crippen LogP contribution in [0, 0.1) is 17.8 Å². The smallest absolute Gasteiger partial charge is 0.0771 e. The average molecular weight is 327 g/mol. The van der Waals surface area contributed by atoms with E-state index in [1.807, 2.05) is 19.1 Å². The summed E-state index contributed by atoms with van der Waals surface area (Å²) in [5, 5.41) is 9.11. The Morgan fingerprint density at radius 3 is 2.70 bits per heavy atom. The van der Waals surface area contributed by atoms with Crippen LogP contribution in [0.3, 0.4) is 0 Å². The van der Waals surface area contributed by atoms with Crippen LogP contribution in [0.15, 0.2) is 42.5 Å². The lowest BCUT2D eigenvalue weighted by Gasteiger charge is -2.13. The summed E-state index contributed by atoms with van der Waals surface area (Å²) >= 11 is 1.67. The Balaban J connectivity index is 1.78. The Morgan fingerprint density at radius 2 is 1.96 bits per heavy atom. The zero-order valence-corrected chi connectivity index (χ0v) is 14.5. The maximum atomic E-state index is 9.11. The van der Waals surface area contributed by atoms with E-state index in [0.29, 0.717) is 0 Å². The molecule has 0 aliphatic carbocycles. The molecule has 2 nitrogen and oxygen atoms in total. The Bertz CT molecular complexity index is 638. The number of aryl methyl sites for hydroxylation is 1. The van der Waals surface area contributed by atoms with Gasteiger partial charge in [-0.2, -0.15) is 0 Å². The first-order chi connectivity index (χ1) is 11.2. The quantitative estimate of drug-likeness (QED) is 0.593. The third kappa shape index (κ3) is 6.19. The molecule has 0 aliphatic heterocycles. The molecule has 3 N–H and O–H groups in total. The van der Waals surface area contributed by atoms with Gasteiger partial charge in [0.25, 0.3) is 0 Å². The Labute approximate surface area is 143 Å². The van der Waals surface area contributed by atoms with E-state index in [-0.39, 0.29) is 18.6 Å². The zero-order valence-electron chi connectivity index (χ0n) is 13.7. The molecule has 2 atom stereocenters. The predicted octanol–water partition coefficient (Wildman–Crippen LogP) is 4.14. The van der Waals surface area contributed by atoms with Gasteiger partial charge in [-0.15, -0.1) is 11.3 Å². The minimum absolute atomic E-state index is 0.00391. The van der Waals surface area contributed by atoms with Crippen molar-refractivity contribution in [1.82, 2.24) is 0 Å². The van der Waals surface area contributed by atoms with Crippen LogP contribution in [-0.2, 0) is 6.42 Å². The van der Waals surface area contributed by atoms with Gasteiger partial charge < -0.3 is 10.8 Å². The van der Waals surface area contributed by atoms with Crippen LogP contribution in [0.2, 0.25) is 0 Å². The van der Waals surface area contributed by atoms with Crippen molar-refractivity contribution in [3.8, 4) is 11.8 Å². The van der Waals surface area contributed by atoms with Gasteiger partial charge in [0.2, 0.25) is 0 Å². The van der Waals surface area contributed by atoms with Crippen LogP contribution in [0.4, 0.5) is 0 Å². The molecule has 1 unspecified atom stereocenters. The molecule has 0 aliphatic rings. The van der Waals surface area contributed by atoms with Gasteiger partial charge in [0, 0.05) is 23.9 Å². The summed E-state index contributed by atoms with van der Waals surface area (Å²) in [6.07, 6.45) is 3.88. The van der Waals surface area contributed by atoms with Crippen LogP contribution in [-0.4, -0.2) is 11.7 Å². The molecule has 23 heavy (non-hydrogen) atoms. The van der Waals surface area contributed by atoms with Crippen LogP contribution in [0.25, 0.3) is 0 Å². The lowest BCUT2D eigenvalue weighted by molar-refractivity contribution is 0.224. The standard InChI is InChI=1S/C20H25NOS/c1-16(15-22)14-19(21)20-13-12-18(23-20)11-7-3-6-10-17-8-4-2-5-9-17/h2,4-5,8-9,12-13,16,19,22H,3,6,10,14-15,21H2,1H3/t16-,19?/m1/s1. The van der Waals surface area contributed by atoms with Gasteiger partial charge in [0.05, 0.1) is 4.88 Å². The minimum Gasteiger partial charge on any atom is -0.396 e. The topological polar surface area (TPSA) is 46.2 Å². The molecule has 1 aromatic heterocycles. The number of aliphatic hydroxyl groups excluding tert-OH is 1. The van der Waals surface area contributed by atoms with E-state index in [4.69, 9.17) is 10.8 Å². The maximum Gasteiger partial charge on any atom is 0.0771 e. The Morgan fingerprint density at radius 1 is 1.17 bits per heavy atom. The molecule has 2 aromatic rings. The van der Waals surface area contributed by atoms with E-state index in [2.05, 4.69) is 42.2 Å². The van der Waals surface area contributed by atoms with E-state index in [1.54, 1.807) is 11.3 Å². The first-order valence-corrected chi connectivity index (χ1v) is 8.99. The van der Waals surface area contributed by atoms with Gasteiger partial charge in [-0.1, -0.05) is 49.1 Å². The second-order valence-electron chi connectivity index (χ2n) is 5.97. The number of hydrogen-bond donors (Lipinski definition) is 2. The summed E-state index contributed by atoms with van der Waals surface area (Å²) < 4.78 is 0. The number of aliphatic hydroxyl groups is 1. The molecule has 2 rings (SSSR count). The number of nitrogens with two attached hydrogens (primary N) is 1. The second-order valence-corrected chi connectivity index (χ2v) is 7.09. The molecule has 0 saturated carbocycles. The summed E-state index contributed by atoms with van der Waals surface area (Å²) in [6, 6.07) is 14.6. The Hall–Kier alpha value is -1.60. The largest absolute Gasteiger partial charge is 0.396 e. The number of benzene rings is 1. The van der Waals surface area contributed by atoms with E-state index < -0.39 is 0 Å². The molecule has 0 radical (unpaired) electrons. The first kappa shape index (κ1) is 17.7. The third-order valence-corrected chi connectivity index (χ3v) is 4.91. The fourth-order valence-electron chi connectivity index (χ4n) is 2.42. The third-order valence-electron chi connectivity index (χ3n) is 3.78. The molecule has 0 amide bonds. The molecular weight excluding hydrogens is 302 g/mol. The normalized spacial score (nSPS) is 13.2. The van der Waals surface area contributed by atoms with Gasteiger partial charge in [0.1, 0.15) is 0 Å². The van der Waals surface area contributed by atoms with E-state index in [9.17, 15) is 0 Å². The summed E-state index contributed by atoms with van der Waals surface area (Å²) in [6.45, 7) is 2.20. The molecule has 122 valence electrons. The van der Waals surface area contributed by atoms with E-state index >= 15 is 0 Å². The fourth-order valence-corrected chi connectivity index (χ4v) is 3.32. The van der Waals surface area contributed by atoms with Crippen molar-refractivity contribution in [3.63, 3.8) is 0 Å². The second kappa shape index (κ2) is 9.52. The first-order valence-electron chi connectivity index (χ1n) is 8.18. The molecule has 1 aromatic carbocycles. The molecule has 1 heterocycles. The van der Waals surface area contributed by atoms with Gasteiger partial charge in [0.15, 0.2) is 0 Å². The maximum absolute atomic E-state index is 9.11. The molecule has 0 fully saturated rings. The van der Waals surface area contributed by atoms with Crippen molar-refractivity contribution in [2.45, 2.75) is 38.6 Å². The van der Waals surface area contributed by atoms with Crippen LogP contribution in [0.1, 0.15) is 47.5 Å². The Kier molecular flexibility index (Phi) is 7.35. The molecule has 0 bridgehead atoms. The monoisotopic (exact) mass is 327 g/mol. The molecule has 0 saturated heterocycles. The summed E-state index contributed by atoms with van der Waals surface area (Å²) in [5.41, 5.74) is 7.55. The van der Waals surface area contributed by atoms with E-state index in [1.165, 1.54) is 5.56 Å². The predicted molar refractivity (Wildman–Crippen MR) is 98.4 cm³/mol. The number of thiophene rings is 1. The van der Waals surface area contributed by atoms with Crippen molar-refractivity contribution in [1.29, 1.82) is 0 Å². The average Bonchev–Trinajstić information content (AvgIpc) is 3.04. The van der Waals surface area contributed by atoms with Crippen LogP contribution >= 0.6 is 11.3 Å².